The summed E-state index contributed by atoms with van der Waals surface area (Å²) in [5.41, 5.74) is 5.73. The molecule has 1 unspecified atom stereocenters. The van der Waals surface area contributed by atoms with Gasteiger partial charge in [-0.2, -0.15) is 5.10 Å². The quantitative estimate of drug-likeness (QED) is 0.647. The molecule has 2 aromatic carbocycles. The summed E-state index contributed by atoms with van der Waals surface area (Å²) >= 11 is 6.38. The normalized spacial score (nSPS) is 18.6. The molecule has 148 valence electrons. The van der Waals surface area contributed by atoms with Crippen molar-refractivity contribution in [3.8, 4) is 11.4 Å². The van der Waals surface area contributed by atoms with Crippen LogP contribution in [0.15, 0.2) is 42.5 Å². The van der Waals surface area contributed by atoms with Crippen LogP contribution < -0.4 is 4.74 Å². The summed E-state index contributed by atoms with van der Waals surface area (Å²) in [6.07, 6.45) is 1.56. The smallest absolute Gasteiger partial charge is 0.183 e. The van der Waals surface area contributed by atoms with Gasteiger partial charge >= 0.3 is 0 Å². The number of nitrogens with zero attached hydrogens (tertiary/aromatic N) is 3. The molecular weight excluding hydrogens is 386 g/mol. The van der Waals surface area contributed by atoms with Gasteiger partial charge < -0.3 is 4.74 Å². The molecule has 0 fully saturated rings. The van der Waals surface area contributed by atoms with E-state index in [1.807, 2.05) is 48.0 Å². The lowest BCUT2D eigenvalue weighted by Gasteiger charge is -2.29. The molecule has 2 heterocycles. The summed E-state index contributed by atoms with van der Waals surface area (Å²) in [4.78, 5) is 15.8. The number of para-hydroxylation sites is 1. The zero-order valence-corrected chi connectivity index (χ0v) is 17.2. The number of Topliss-reactive ketones (excluding diaryl/α,β-unsaturated/α-hetero) is 1. The highest BCUT2D eigenvalue weighted by molar-refractivity contribution is 6.32. The molecule has 1 atom stereocenters. The number of aromatic nitrogens is 2. The number of ether oxygens (including phenoxy) is 1. The third kappa shape index (κ3) is 2.88. The Labute approximate surface area is 174 Å². The van der Waals surface area contributed by atoms with Gasteiger partial charge in [-0.05, 0) is 43.5 Å². The molecule has 6 heteroatoms. The first-order chi connectivity index (χ1) is 14.1. The van der Waals surface area contributed by atoms with Crippen molar-refractivity contribution in [1.29, 1.82) is 0 Å². The molecule has 0 radical (unpaired) electrons. The van der Waals surface area contributed by atoms with Gasteiger partial charge in [-0.3, -0.25) is 9.69 Å². The second-order valence-corrected chi connectivity index (χ2v) is 8.10. The van der Waals surface area contributed by atoms with Gasteiger partial charge in [0.2, 0.25) is 0 Å². The van der Waals surface area contributed by atoms with Crippen molar-refractivity contribution in [1.82, 2.24) is 14.7 Å². The Kier molecular flexibility index (Phi) is 4.45. The van der Waals surface area contributed by atoms with Crippen molar-refractivity contribution in [2.75, 3.05) is 7.11 Å². The number of benzene rings is 2. The molecule has 5 rings (SSSR count). The fraction of sp³-hybridized carbons (Fsp3) is 0.304. The van der Waals surface area contributed by atoms with Crippen molar-refractivity contribution in [2.45, 2.75) is 38.9 Å². The number of carbonyl (C=O) groups is 1. The maximum absolute atomic E-state index is 13.5. The minimum Gasteiger partial charge on any atom is -0.496 e. The van der Waals surface area contributed by atoms with E-state index in [4.69, 9.17) is 21.4 Å². The minimum atomic E-state index is -0.137. The second kappa shape index (κ2) is 7.01. The molecule has 2 aliphatic rings. The Hall–Kier alpha value is -2.63. The molecule has 1 aromatic heterocycles. The molecule has 5 nitrogen and oxygen atoms in total. The van der Waals surface area contributed by atoms with Crippen molar-refractivity contribution in [3.63, 3.8) is 0 Å². The number of rotatable bonds is 3. The van der Waals surface area contributed by atoms with Crippen molar-refractivity contribution in [3.05, 3.63) is 75.6 Å². The van der Waals surface area contributed by atoms with E-state index in [1.54, 1.807) is 7.11 Å². The molecule has 0 saturated heterocycles. The first kappa shape index (κ1) is 18.4. The van der Waals surface area contributed by atoms with Gasteiger partial charge in [-0.25, -0.2) is 4.68 Å². The van der Waals surface area contributed by atoms with Gasteiger partial charge in [-0.15, -0.1) is 0 Å². The number of halogens is 1. The molecule has 0 spiro atoms. The van der Waals surface area contributed by atoms with E-state index in [9.17, 15) is 4.79 Å². The van der Waals surface area contributed by atoms with E-state index in [0.29, 0.717) is 5.02 Å². The zero-order chi connectivity index (χ0) is 20.1. The zero-order valence-electron chi connectivity index (χ0n) is 16.5. The van der Waals surface area contributed by atoms with E-state index < -0.39 is 0 Å². The largest absolute Gasteiger partial charge is 0.496 e. The second-order valence-electron chi connectivity index (χ2n) is 7.69. The Morgan fingerprint density at radius 2 is 1.97 bits per heavy atom. The summed E-state index contributed by atoms with van der Waals surface area (Å²) in [5.74, 6) is 1.06. The molecule has 0 amide bonds. The van der Waals surface area contributed by atoms with Gasteiger partial charge in [0, 0.05) is 18.7 Å². The van der Waals surface area contributed by atoms with Crippen LogP contribution in [0.3, 0.4) is 0 Å². The van der Waals surface area contributed by atoms with Crippen LogP contribution in [-0.2, 0) is 19.5 Å². The van der Waals surface area contributed by atoms with E-state index in [-0.39, 0.29) is 11.8 Å². The Morgan fingerprint density at radius 1 is 1.14 bits per heavy atom. The van der Waals surface area contributed by atoms with Crippen LogP contribution in [0.1, 0.15) is 39.3 Å². The molecule has 1 aliphatic heterocycles. The third-order valence-corrected chi connectivity index (χ3v) is 6.42. The predicted molar refractivity (Wildman–Crippen MR) is 112 cm³/mol. The van der Waals surface area contributed by atoms with Crippen molar-refractivity contribution < 1.29 is 9.53 Å². The molecule has 0 bridgehead atoms. The maximum atomic E-state index is 13.5. The Balaban J connectivity index is 1.47. The van der Waals surface area contributed by atoms with Gasteiger partial charge in [-0.1, -0.05) is 35.9 Å². The number of carbonyl (C=O) groups excluding carboxylic acids is 1. The maximum Gasteiger partial charge on any atom is 0.183 e. The SMILES string of the molecule is COc1cccc2c1CN(C1CCc3nn(-c4ccccc4Cl)c(C)c3C1=O)C2. The lowest BCUT2D eigenvalue weighted by molar-refractivity contribution is 0.0783. The number of ketones is 1. The van der Waals surface area contributed by atoms with E-state index in [2.05, 4.69) is 11.0 Å². The minimum absolute atomic E-state index is 0.137. The topological polar surface area (TPSA) is 47.4 Å². The van der Waals surface area contributed by atoms with E-state index >= 15 is 0 Å². The van der Waals surface area contributed by atoms with E-state index in [1.165, 1.54) is 11.1 Å². The summed E-state index contributed by atoms with van der Waals surface area (Å²) in [5, 5.41) is 5.36. The number of methoxy groups -OCH3 is 1. The van der Waals surface area contributed by atoms with Gasteiger partial charge in [0.05, 0.1) is 40.8 Å². The molecule has 1 aliphatic carbocycles. The third-order valence-electron chi connectivity index (χ3n) is 6.10. The Bertz CT molecular complexity index is 1120. The number of aryl methyl sites for hydroxylation is 1. The van der Waals surface area contributed by atoms with Crippen LogP contribution in [-0.4, -0.2) is 33.6 Å². The van der Waals surface area contributed by atoms with Gasteiger partial charge in [0.15, 0.2) is 5.78 Å². The monoisotopic (exact) mass is 407 g/mol. The van der Waals surface area contributed by atoms with Crippen LogP contribution in [0.5, 0.6) is 5.75 Å². The van der Waals surface area contributed by atoms with Crippen LogP contribution in [0.4, 0.5) is 0 Å². The Morgan fingerprint density at radius 3 is 2.76 bits per heavy atom. The number of fused-ring (bicyclic) bond motifs is 2. The van der Waals surface area contributed by atoms with Crippen LogP contribution in [0.25, 0.3) is 5.69 Å². The van der Waals surface area contributed by atoms with E-state index in [0.717, 1.165) is 54.3 Å². The molecule has 29 heavy (non-hydrogen) atoms. The number of hydrogen-bond donors (Lipinski definition) is 0. The molecule has 0 saturated carbocycles. The van der Waals surface area contributed by atoms with Crippen LogP contribution in [0, 0.1) is 6.92 Å². The fourth-order valence-corrected chi connectivity index (χ4v) is 4.88. The summed E-state index contributed by atoms with van der Waals surface area (Å²) in [6.45, 7) is 3.47. The highest BCUT2D eigenvalue weighted by atomic mass is 35.5. The number of hydrogen-bond acceptors (Lipinski definition) is 4. The molecule has 3 aromatic rings. The lowest BCUT2D eigenvalue weighted by atomic mass is 9.89. The van der Waals surface area contributed by atoms with Crippen molar-refractivity contribution >= 4 is 17.4 Å². The first-order valence-electron chi connectivity index (χ1n) is 9.85. The highest BCUT2D eigenvalue weighted by Gasteiger charge is 2.38. The standard InChI is InChI=1S/C23H22ClN3O2/c1-14-22-18(25-27(14)19-8-4-3-7-17(19)24)10-11-20(23(22)28)26-12-15-6-5-9-21(29-2)16(15)13-26/h3-9,20H,10-13H2,1-2H3. The highest BCUT2D eigenvalue weighted by Crippen LogP contribution is 2.36. The molecule has 0 N–H and O–H groups in total. The lowest BCUT2D eigenvalue weighted by Crippen LogP contribution is -2.41. The average molecular weight is 408 g/mol. The average Bonchev–Trinajstić information content (AvgIpc) is 3.30. The summed E-state index contributed by atoms with van der Waals surface area (Å²) in [7, 11) is 1.70. The van der Waals surface area contributed by atoms with Gasteiger partial charge in [0.25, 0.3) is 0 Å². The fourth-order valence-electron chi connectivity index (χ4n) is 4.66. The molecular formula is C23H22ClN3O2. The van der Waals surface area contributed by atoms with Crippen molar-refractivity contribution in [2.24, 2.45) is 0 Å². The van der Waals surface area contributed by atoms with Gasteiger partial charge in [0.1, 0.15) is 5.75 Å². The first-order valence-corrected chi connectivity index (χ1v) is 10.2. The van der Waals surface area contributed by atoms with Crippen LogP contribution in [0.2, 0.25) is 5.02 Å². The summed E-state index contributed by atoms with van der Waals surface area (Å²) < 4.78 is 7.34. The predicted octanol–water partition coefficient (Wildman–Crippen LogP) is 4.36. The van der Waals surface area contributed by atoms with Crippen LogP contribution >= 0.6 is 11.6 Å². The summed E-state index contributed by atoms with van der Waals surface area (Å²) in [6, 6.07) is 13.6.